The van der Waals surface area contributed by atoms with Gasteiger partial charge in [0.15, 0.2) is 0 Å². The molecule has 1 fully saturated rings. The summed E-state index contributed by atoms with van der Waals surface area (Å²) in [5.74, 6) is 0. The molecule has 29 heavy (non-hydrogen) atoms. The summed E-state index contributed by atoms with van der Waals surface area (Å²) in [6, 6.07) is 21.1. The SMILES string of the molecule is CC(NC(=O)NC1CCN(Cc2ccc(-c3ccsc3)cc2)C1)c1ccccc1. The highest BCUT2D eigenvalue weighted by molar-refractivity contribution is 7.08. The van der Waals surface area contributed by atoms with Crippen LogP contribution in [0.15, 0.2) is 71.4 Å². The van der Waals surface area contributed by atoms with E-state index in [-0.39, 0.29) is 18.1 Å². The molecule has 4 nitrogen and oxygen atoms in total. The Morgan fingerprint density at radius 1 is 1.10 bits per heavy atom. The Balaban J connectivity index is 1.24. The fraction of sp³-hybridized carbons (Fsp3) is 0.292. The zero-order chi connectivity index (χ0) is 20.1. The van der Waals surface area contributed by atoms with Crippen molar-refractivity contribution < 1.29 is 4.79 Å². The first-order valence-corrected chi connectivity index (χ1v) is 11.1. The van der Waals surface area contributed by atoms with Crippen LogP contribution in [0.4, 0.5) is 4.79 Å². The second-order valence-electron chi connectivity index (χ2n) is 7.68. The summed E-state index contributed by atoms with van der Waals surface area (Å²) in [6.07, 6.45) is 0.986. The molecule has 1 aliphatic heterocycles. The van der Waals surface area contributed by atoms with Crippen molar-refractivity contribution in [3.8, 4) is 11.1 Å². The molecule has 0 bridgehead atoms. The molecular formula is C24H27N3OS. The number of likely N-dealkylation sites (tertiary alicyclic amines) is 1. The van der Waals surface area contributed by atoms with E-state index in [0.29, 0.717) is 0 Å². The second-order valence-corrected chi connectivity index (χ2v) is 8.46. The lowest BCUT2D eigenvalue weighted by Gasteiger charge is -2.19. The molecular weight excluding hydrogens is 378 g/mol. The number of carbonyl (C=O) groups excluding carboxylic acids is 1. The monoisotopic (exact) mass is 405 g/mol. The number of nitrogens with zero attached hydrogens (tertiary/aromatic N) is 1. The Hall–Kier alpha value is -2.63. The number of thiophene rings is 1. The molecule has 2 heterocycles. The lowest BCUT2D eigenvalue weighted by Crippen LogP contribution is -2.44. The van der Waals surface area contributed by atoms with E-state index in [1.54, 1.807) is 11.3 Å². The summed E-state index contributed by atoms with van der Waals surface area (Å²) in [4.78, 5) is 14.8. The summed E-state index contributed by atoms with van der Waals surface area (Å²) >= 11 is 1.72. The third-order valence-corrected chi connectivity index (χ3v) is 6.15. The minimum Gasteiger partial charge on any atom is -0.334 e. The van der Waals surface area contributed by atoms with E-state index in [1.165, 1.54) is 16.7 Å². The number of carbonyl (C=O) groups is 1. The smallest absolute Gasteiger partial charge is 0.315 e. The quantitative estimate of drug-likeness (QED) is 0.603. The lowest BCUT2D eigenvalue weighted by molar-refractivity contribution is 0.233. The van der Waals surface area contributed by atoms with Gasteiger partial charge >= 0.3 is 6.03 Å². The predicted molar refractivity (Wildman–Crippen MR) is 120 cm³/mol. The topological polar surface area (TPSA) is 44.4 Å². The molecule has 2 amide bonds. The molecule has 0 saturated carbocycles. The molecule has 1 saturated heterocycles. The van der Waals surface area contributed by atoms with Gasteiger partial charge < -0.3 is 10.6 Å². The van der Waals surface area contributed by atoms with Gasteiger partial charge in [0.2, 0.25) is 0 Å². The van der Waals surface area contributed by atoms with Crippen LogP contribution in [0.5, 0.6) is 0 Å². The third-order valence-electron chi connectivity index (χ3n) is 5.47. The molecule has 4 rings (SSSR count). The van der Waals surface area contributed by atoms with Gasteiger partial charge in [0.1, 0.15) is 0 Å². The van der Waals surface area contributed by atoms with Crippen molar-refractivity contribution in [1.29, 1.82) is 0 Å². The average Bonchev–Trinajstić information content (AvgIpc) is 3.42. The van der Waals surface area contributed by atoms with E-state index < -0.39 is 0 Å². The van der Waals surface area contributed by atoms with Gasteiger partial charge in [-0.3, -0.25) is 4.90 Å². The molecule has 2 atom stereocenters. The number of urea groups is 1. The molecule has 0 spiro atoms. The predicted octanol–water partition coefficient (Wildman–Crippen LogP) is 5.05. The van der Waals surface area contributed by atoms with Gasteiger partial charge in [-0.1, -0.05) is 54.6 Å². The molecule has 2 unspecified atom stereocenters. The van der Waals surface area contributed by atoms with E-state index in [4.69, 9.17) is 0 Å². The van der Waals surface area contributed by atoms with Crippen LogP contribution in [-0.4, -0.2) is 30.1 Å². The molecule has 150 valence electrons. The van der Waals surface area contributed by atoms with Crippen LogP contribution in [0.25, 0.3) is 11.1 Å². The molecule has 5 heteroatoms. The minimum atomic E-state index is -0.0895. The van der Waals surface area contributed by atoms with Crippen LogP contribution in [-0.2, 0) is 6.54 Å². The summed E-state index contributed by atoms with van der Waals surface area (Å²) in [7, 11) is 0. The maximum atomic E-state index is 12.4. The van der Waals surface area contributed by atoms with Crippen molar-refractivity contribution in [2.45, 2.75) is 32.0 Å². The van der Waals surface area contributed by atoms with Crippen molar-refractivity contribution in [2.24, 2.45) is 0 Å². The van der Waals surface area contributed by atoms with Crippen molar-refractivity contribution in [1.82, 2.24) is 15.5 Å². The summed E-state index contributed by atoms with van der Waals surface area (Å²) in [6.45, 7) is 4.82. The highest BCUT2D eigenvalue weighted by Gasteiger charge is 2.24. The maximum Gasteiger partial charge on any atom is 0.315 e. The first kappa shape index (κ1) is 19.7. The van der Waals surface area contributed by atoms with Crippen molar-refractivity contribution in [3.05, 3.63) is 82.6 Å². The summed E-state index contributed by atoms with van der Waals surface area (Å²) in [5, 5.41) is 10.5. The Labute approximate surface area is 176 Å². The normalized spacial score (nSPS) is 17.8. The van der Waals surface area contributed by atoms with Crippen molar-refractivity contribution >= 4 is 17.4 Å². The van der Waals surface area contributed by atoms with Crippen molar-refractivity contribution in [3.63, 3.8) is 0 Å². The molecule has 2 N–H and O–H groups in total. The standard InChI is InChI=1S/C24H27N3OS/c1-18(20-5-3-2-4-6-20)25-24(28)26-23-11-13-27(16-23)15-19-7-9-21(10-8-19)22-12-14-29-17-22/h2-10,12,14,17-18,23H,11,13,15-16H2,1H3,(H2,25,26,28). The van der Waals surface area contributed by atoms with E-state index in [1.807, 2.05) is 37.3 Å². The van der Waals surface area contributed by atoms with Crippen LogP contribution in [0.3, 0.4) is 0 Å². The van der Waals surface area contributed by atoms with E-state index >= 15 is 0 Å². The first-order valence-electron chi connectivity index (χ1n) is 10.1. The van der Waals surface area contributed by atoms with Crippen LogP contribution in [0.1, 0.15) is 30.5 Å². The maximum absolute atomic E-state index is 12.4. The number of rotatable bonds is 6. The molecule has 3 aromatic rings. The second kappa shape index (κ2) is 9.25. The molecule has 0 aliphatic carbocycles. The van der Waals surface area contributed by atoms with Gasteiger partial charge in [0.05, 0.1) is 6.04 Å². The fourth-order valence-electron chi connectivity index (χ4n) is 3.83. The third kappa shape index (κ3) is 5.25. The van der Waals surface area contributed by atoms with E-state index in [9.17, 15) is 4.79 Å². The first-order chi connectivity index (χ1) is 14.2. The zero-order valence-electron chi connectivity index (χ0n) is 16.7. The number of hydrogen-bond acceptors (Lipinski definition) is 3. The lowest BCUT2D eigenvalue weighted by atomic mass is 10.1. The van der Waals surface area contributed by atoms with Crippen LogP contribution >= 0.6 is 11.3 Å². The van der Waals surface area contributed by atoms with Gasteiger partial charge in [-0.2, -0.15) is 11.3 Å². The summed E-state index contributed by atoms with van der Waals surface area (Å²) < 4.78 is 0. The zero-order valence-corrected chi connectivity index (χ0v) is 17.5. The van der Waals surface area contributed by atoms with Gasteiger partial charge in [0.25, 0.3) is 0 Å². The Morgan fingerprint density at radius 3 is 2.62 bits per heavy atom. The van der Waals surface area contributed by atoms with Crippen molar-refractivity contribution in [2.75, 3.05) is 13.1 Å². The Morgan fingerprint density at radius 2 is 1.90 bits per heavy atom. The number of hydrogen-bond donors (Lipinski definition) is 2. The van der Waals surface area contributed by atoms with Gasteiger partial charge in [0, 0.05) is 25.7 Å². The van der Waals surface area contributed by atoms with Crippen LogP contribution in [0.2, 0.25) is 0 Å². The van der Waals surface area contributed by atoms with Gasteiger partial charge in [-0.15, -0.1) is 0 Å². The summed E-state index contributed by atoms with van der Waals surface area (Å²) in [5.41, 5.74) is 4.97. The minimum absolute atomic E-state index is 0.00422. The molecule has 1 aliphatic rings. The number of benzene rings is 2. The molecule has 2 aromatic carbocycles. The average molecular weight is 406 g/mol. The van der Waals surface area contributed by atoms with Gasteiger partial charge in [-0.25, -0.2) is 4.79 Å². The Bertz CT molecular complexity index is 909. The molecule has 0 radical (unpaired) electrons. The van der Waals surface area contributed by atoms with Crippen LogP contribution < -0.4 is 10.6 Å². The number of nitrogens with one attached hydrogen (secondary N) is 2. The van der Waals surface area contributed by atoms with Gasteiger partial charge in [-0.05, 0) is 52.4 Å². The molecule has 1 aromatic heterocycles. The highest BCUT2D eigenvalue weighted by atomic mass is 32.1. The number of amides is 2. The Kier molecular flexibility index (Phi) is 6.27. The highest BCUT2D eigenvalue weighted by Crippen LogP contribution is 2.23. The van der Waals surface area contributed by atoms with Crippen LogP contribution in [0, 0.1) is 0 Å². The largest absolute Gasteiger partial charge is 0.334 e. The van der Waals surface area contributed by atoms with E-state index in [0.717, 1.165) is 31.6 Å². The fourth-order valence-corrected chi connectivity index (χ4v) is 4.50. The van der Waals surface area contributed by atoms with E-state index in [2.05, 4.69) is 56.6 Å².